The Morgan fingerprint density at radius 1 is 1.33 bits per heavy atom. The van der Waals surface area contributed by atoms with Crippen LogP contribution in [0.3, 0.4) is 0 Å². The van der Waals surface area contributed by atoms with Crippen molar-refractivity contribution >= 4 is 40.9 Å². The number of hydrogen-bond donors (Lipinski definition) is 3. The zero-order chi connectivity index (χ0) is 21.4. The van der Waals surface area contributed by atoms with Gasteiger partial charge in [0.15, 0.2) is 0 Å². The van der Waals surface area contributed by atoms with Crippen LogP contribution in [-0.2, 0) is 9.59 Å². The van der Waals surface area contributed by atoms with Crippen LogP contribution in [-0.4, -0.2) is 34.9 Å². The summed E-state index contributed by atoms with van der Waals surface area (Å²) in [5, 5.41) is 5.98. The summed E-state index contributed by atoms with van der Waals surface area (Å²) in [6, 6.07) is 5.19. The summed E-state index contributed by atoms with van der Waals surface area (Å²) in [6.07, 6.45) is 2.02. The molecule has 1 fully saturated rings. The number of nitrogens with one attached hydrogen (secondary N) is 3. The van der Waals surface area contributed by atoms with Gasteiger partial charge >= 0.3 is 0 Å². The molecule has 30 heavy (non-hydrogen) atoms. The molecule has 0 bridgehead atoms. The molecule has 2 aliphatic heterocycles. The predicted octanol–water partition coefficient (Wildman–Crippen LogP) is 3.03. The van der Waals surface area contributed by atoms with Crippen molar-refractivity contribution in [2.24, 2.45) is 5.92 Å². The Hall–Kier alpha value is -2.87. The third-order valence-corrected chi connectivity index (χ3v) is 6.15. The van der Waals surface area contributed by atoms with Crippen LogP contribution in [0, 0.1) is 12.8 Å². The standard InChI is InChI=1S/C21H24ClN5O3/c1-11-5-4-8-27(10-11)21-25-18-17(20(30)26-21)13(9-16(28)24-18)19(29)23-15-7-3-6-14(22)12(15)2/h3,6-7,11,13H,4-5,8-10H2,1-2H3,(H,23,29)(H2,24,25,26,28,30). The minimum absolute atomic E-state index is 0.122. The highest BCUT2D eigenvalue weighted by atomic mass is 35.5. The molecular formula is C21H24ClN5O3. The van der Waals surface area contributed by atoms with E-state index in [0.717, 1.165) is 31.5 Å². The van der Waals surface area contributed by atoms with E-state index in [-0.39, 0.29) is 23.7 Å². The number of rotatable bonds is 3. The monoisotopic (exact) mass is 429 g/mol. The predicted molar refractivity (Wildman–Crippen MR) is 116 cm³/mol. The number of anilines is 3. The number of aromatic nitrogens is 2. The largest absolute Gasteiger partial charge is 0.342 e. The Bertz CT molecular complexity index is 1070. The Morgan fingerprint density at radius 2 is 2.13 bits per heavy atom. The molecule has 1 saturated heterocycles. The number of halogens is 1. The van der Waals surface area contributed by atoms with Crippen LogP contribution in [0.4, 0.5) is 17.5 Å². The van der Waals surface area contributed by atoms with E-state index in [0.29, 0.717) is 22.6 Å². The molecule has 2 unspecified atom stereocenters. The van der Waals surface area contributed by atoms with E-state index < -0.39 is 17.4 Å². The summed E-state index contributed by atoms with van der Waals surface area (Å²) in [6.45, 7) is 5.52. The lowest BCUT2D eigenvalue weighted by atomic mass is 9.92. The summed E-state index contributed by atoms with van der Waals surface area (Å²) >= 11 is 6.13. The van der Waals surface area contributed by atoms with Crippen LogP contribution in [0.1, 0.15) is 43.2 Å². The number of piperidine rings is 1. The van der Waals surface area contributed by atoms with Crippen molar-refractivity contribution in [2.45, 2.75) is 39.0 Å². The van der Waals surface area contributed by atoms with E-state index >= 15 is 0 Å². The second-order valence-electron chi connectivity index (χ2n) is 8.05. The maximum atomic E-state index is 13.0. The molecule has 3 heterocycles. The van der Waals surface area contributed by atoms with E-state index in [9.17, 15) is 14.4 Å². The first-order chi connectivity index (χ1) is 14.3. The Labute approximate surface area is 179 Å². The van der Waals surface area contributed by atoms with Crippen LogP contribution in [0.25, 0.3) is 0 Å². The van der Waals surface area contributed by atoms with Crippen molar-refractivity contribution in [3.8, 4) is 0 Å². The van der Waals surface area contributed by atoms with Gasteiger partial charge < -0.3 is 15.5 Å². The maximum absolute atomic E-state index is 13.0. The topological polar surface area (TPSA) is 107 Å². The van der Waals surface area contributed by atoms with Crippen molar-refractivity contribution in [2.75, 3.05) is 28.6 Å². The first-order valence-electron chi connectivity index (χ1n) is 10.1. The Balaban J connectivity index is 1.66. The van der Waals surface area contributed by atoms with Gasteiger partial charge in [0, 0.05) is 30.2 Å². The van der Waals surface area contributed by atoms with Crippen molar-refractivity contribution in [1.29, 1.82) is 0 Å². The molecule has 2 amide bonds. The third-order valence-electron chi connectivity index (χ3n) is 5.74. The number of carbonyl (C=O) groups excluding carboxylic acids is 2. The molecule has 0 saturated carbocycles. The number of amides is 2. The number of benzene rings is 1. The molecule has 8 nitrogen and oxygen atoms in total. The summed E-state index contributed by atoms with van der Waals surface area (Å²) < 4.78 is 0. The minimum atomic E-state index is -0.933. The fourth-order valence-corrected chi connectivity index (χ4v) is 4.25. The highest BCUT2D eigenvalue weighted by Gasteiger charge is 2.35. The summed E-state index contributed by atoms with van der Waals surface area (Å²) in [7, 11) is 0. The zero-order valence-electron chi connectivity index (χ0n) is 16.9. The third kappa shape index (κ3) is 3.92. The lowest BCUT2D eigenvalue weighted by molar-refractivity contribution is -0.123. The van der Waals surface area contributed by atoms with Crippen LogP contribution >= 0.6 is 11.6 Å². The SMILES string of the molecule is Cc1c(Cl)cccc1NC(=O)C1CC(=O)Nc2nc(N3CCCC(C)C3)[nH]c(=O)c21. The van der Waals surface area contributed by atoms with Gasteiger partial charge in [0.25, 0.3) is 5.56 Å². The molecule has 2 atom stereocenters. The number of aromatic amines is 1. The Kier molecular flexibility index (Phi) is 5.51. The van der Waals surface area contributed by atoms with Crippen molar-refractivity contribution in [3.05, 3.63) is 44.7 Å². The second-order valence-corrected chi connectivity index (χ2v) is 8.46. The fraction of sp³-hybridized carbons (Fsp3) is 0.429. The van der Waals surface area contributed by atoms with Gasteiger partial charge in [-0.3, -0.25) is 19.4 Å². The molecule has 0 spiro atoms. The second kappa shape index (κ2) is 8.10. The molecule has 1 aromatic carbocycles. The van der Waals surface area contributed by atoms with Gasteiger partial charge in [-0.1, -0.05) is 24.6 Å². The average molecular weight is 430 g/mol. The normalized spacial score (nSPS) is 21.0. The molecular weight excluding hydrogens is 406 g/mol. The summed E-state index contributed by atoms with van der Waals surface area (Å²) in [5.74, 6) is -0.639. The molecule has 0 radical (unpaired) electrons. The quantitative estimate of drug-likeness (QED) is 0.695. The number of nitrogens with zero attached hydrogens (tertiary/aromatic N) is 2. The van der Waals surface area contributed by atoms with Gasteiger partial charge in [-0.2, -0.15) is 4.98 Å². The summed E-state index contributed by atoms with van der Waals surface area (Å²) in [4.78, 5) is 47.5. The molecule has 0 aliphatic carbocycles. The molecule has 3 N–H and O–H groups in total. The highest BCUT2D eigenvalue weighted by Crippen LogP contribution is 2.32. The van der Waals surface area contributed by atoms with Gasteiger partial charge in [0.2, 0.25) is 17.8 Å². The number of H-pyrrole nitrogens is 1. The first kappa shape index (κ1) is 20.4. The highest BCUT2D eigenvalue weighted by molar-refractivity contribution is 6.31. The number of hydrogen-bond acceptors (Lipinski definition) is 5. The van der Waals surface area contributed by atoms with Crippen molar-refractivity contribution < 1.29 is 9.59 Å². The van der Waals surface area contributed by atoms with Gasteiger partial charge in [0.05, 0.1) is 11.5 Å². The Morgan fingerprint density at radius 3 is 2.90 bits per heavy atom. The molecule has 2 aliphatic rings. The van der Waals surface area contributed by atoms with E-state index in [1.807, 2.05) is 4.90 Å². The first-order valence-corrected chi connectivity index (χ1v) is 10.5. The smallest absolute Gasteiger partial charge is 0.258 e. The zero-order valence-corrected chi connectivity index (χ0v) is 17.7. The van der Waals surface area contributed by atoms with Crippen LogP contribution in [0.15, 0.2) is 23.0 Å². The molecule has 1 aromatic heterocycles. The molecule has 2 aromatic rings. The number of carbonyl (C=O) groups is 2. The van der Waals surface area contributed by atoms with E-state index in [1.54, 1.807) is 25.1 Å². The van der Waals surface area contributed by atoms with Gasteiger partial charge in [0.1, 0.15) is 5.82 Å². The van der Waals surface area contributed by atoms with Gasteiger partial charge in [-0.15, -0.1) is 0 Å². The summed E-state index contributed by atoms with van der Waals surface area (Å²) in [5.41, 5.74) is 1.04. The lowest BCUT2D eigenvalue weighted by Crippen LogP contribution is -2.40. The van der Waals surface area contributed by atoms with Crippen LogP contribution in [0.5, 0.6) is 0 Å². The van der Waals surface area contributed by atoms with E-state index in [2.05, 4.69) is 27.5 Å². The van der Waals surface area contributed by atoms with Crippen LogP contribution < -0.4 is 21.1 Å². The van der Waals surface area contributed by atoms with Gasteiger partial charge in [-0.25, -0.2) is 0 Å². The van der Waals surface area contributed by atoms with E-state index in [4.69, 9.17) is 11.6 Å². The lowest BCUT2D eigenvalue weighted by Gasteiger charge is -2.32. The van der Waals surface area contributed by atoms with Gasteiger partial charge in [-0.05, 0) is 43.4 Å². The van der Waals surface area contributed by atoms with Crippen LogP contribution in [0.2, 0.25) is 5.02 Å². The van der Waals surface area contributed by atoms with Crippen molar-refractivity contribution in [1.82, 2.24) is 9.97 Å². The number of fused-ring (bicyclic) bond motifs is 1. The van der Waals surface area contributed by atoms with E-state index in [1.165, 1.54) is 0 Å². The molecule has 9 heteroatoms. The molecule has 158 valence electrons. The van der Waals surface area contributed by atoms with Crippen molar-refractivity contribution in [3.63, 3.8) is 0 Å². The fourth-order valence-electron chi connectivity index (χ4n) is 4.08. The minimum Gasteiger partial charge on any atom is -0.342 e. The maximum Gasteiger partial charge on any atom is 0.258 e. The average Bonchev–Trinajstić information content (AvgIpc) is 2.70. The molecule has 4 rings (SSSR count).